The summed E-state index contributed by atoms with van der Waals surface area (Å²) in [6.45, 7) is 3.93. The number of carbonyl (C=O) groups excluding carboxylic acids is 1. The van der Waals surface area contributed by atoms with Gasteiger partial charge in [-0.1, -0.05) is 45.2 Å². The maximum Gasteiger partial charge on any atom is 0.250 e. The van der Waals surface area contributed by atoms with E-state index < -0.39 is 0 Å². The van der Waals surface area contributed by atoms with Crippen LogP contribution in [-0.2, 0) is 4.79 Å². The van der Waals surface area contributed by atoms with Crippen LogP contribution in [0.2, 0.25) is 10.0 Å². The average molecular weight is 524 g/mol. The molecular formula is C22H17BrCl2N2O2S. The molecule has 0 radical (unpaired) electrons. The van der Waals surface area contributed by atoms with E-state index in [2.05, 4.69) is 26.6 Å². The Morgan fingerprint density at radius 1 is 1.13 bits per heavy atom. The Hall–Kier alpha value is -2.12. The van der Waals surface area contributed by atoms with Gasteiger partial charge < -0.3 is 9.73 Å². The summed E-state index contributed by atoms with van der Waals surface area (Å²) < 4.78 is 6.72. The van der Waals surface area contributed by atoms with Gasteiger partial charge in [0.15, 0.2) is 5.11 Å². The molecule has 0 fully saturated rings. The van der Waals surface area contributed by atoms with Gasteiger partial charge in [-0.15, -0.1) is 0 Å². The summed E-state index contributed by atoms with van der Waals surface area (Å²) in [7, 11) is 0. The van der Waals surface area contributed by atoms with Crippen LogP contribution in [0.25, 0.3) is 17.4 Å². The van der Waals surface area contributed by atoms with E-state index in [1.54, 1.807) is 30.3 Å². The van der Waals surface area contributed by atoms with Crippen LogP contribution < -0.4 is 10.6 Å². The molecule has 0 unspecified atom stereocenters. The minimum atomic E-state index is -0.376. The van der Waals surface area contributed by atoms with Gasteiger partial charge in [0.25, 0.3) is 0 Å². The quantitative estimate of drug-likeness (QED) is 0.281. The normalized spacial score (nSPS) is 11.0. The smallest absolute Gasteiger partial charge is 0.250 e. The Morgan fingerprint density at radius 2 is 1.83 bits per heavy atom. The molecule has 1 heterocycles. The van der Waals surface area contributed by atoms with Gasteiger partial charge in [0, 0.05) is 21.8 Å². The molecule has 1 amide bonds. The molecule has 1 aromatic heterocycles. The first-order chi connectivity index (χ1) is 14.2. The molecular weight excluding hydrogens is 507 g/mol. The van der Waals surface area contributed by atoms with Gasteiger partial charge in [0.05, 0.1) is 10.0 Å². The Morgan fingerprint density at radius 3 is 2.53 bits per heavy atom. The molecule has 2 aromatic carbocycles. The van der Waals surface area contributed by atoms with E-state index in [1.807, 2.05) is 32.0 Å². The zero-order chi connectivity index (χ0) is 21.8. The van der Waals surface area contributed by atoms with Crippen molar-refractivity contribution in [1.29, 1.82) is 0 Å². The fourth-order valence-corrected chi connectivity index (χ4v) is 4.13. The highest BCUT2D eigenvalue weighted by Gasteiger charge is 2.11. The van der Waals surface area contributed by atoms with Crippen LogP contribution in [0.5, 0.6) is 0 Å². The SMILES string of the molecule is Cc1cc(Br)cc(C)c1NC(=S)NC(=O)C=Cc1ccc(-c2cccc(Cl)c2Cl)o1. The molecule has 154 valence electrons. The number of rotatable bonds is 4. The van der Waals surface area contributed by atoms with Crippen LogP contribution >= 0.6 is 51.3 Å². The third kappa shape index (κ3) is 5.52. The van der Waals surface area contributed by atoms with Crippen LogP contribution in [0, 0.1) is 13.8 Å². The highest BCUT2D eigenvalue weighted by Crippen LogP contribution is 2.34. The van der Waals surface area contributed by atoms with E-state index in [4.69, 9.17) is 39.8 Å². The van der Waals surface area contributed by atoms with E-state index in [0.29, 0.717) is 27.1 Å². The fraction of sp³-hybridized carbons (Fsp3) is 0.0909. The lowest BCUT2D eigenvalue weighted by molar-refractivity contribution is -0.115. The number of furan rings is 1. The summed E-state index contributed by atoms with van der Waals surface area (Å²) >= 11 is 21.0. The first-order valence-electron chi connectivity index (χ1n) is 8.85. The van der Waals surface area contributed by atoms with Gasteiger partial charge in [-0.25, -0.2) is 0 Å². The lowest BCUT2D eigenvalue weighted by Crippen LogP contribution is -2.33. The summed E-state index contributed by atoms with van der Waals surface area (Å²) in [5, 5.41) is 6.76. The van der Waals surface area contributed by atoms with E-state index in [9.17, 15) is 4.79 Å². The van der Waals surface area contributed by atoms with Crippen molar-refractivity contribution in [3.63, 3.8) is 0 Å². The molecule has 0 spiro atoms. The van der Waals surface area contributed by atoms with Crippen molar-refractivity contribution in [3.05, 3.63) is 79.9 Å². The van der Waals surface area contributed by atoms with E-state index in [0.717, 1.165) is 21.3 Å². The van der Waals surface area contributed by atoms with E-state index >= 15 is 0 Å². The monoisotopic (exact) mass is 522 g/mol. The van der Waals surface area contributed by atoms with Gasteiger partial charge in [-0.2, -0.15) is 0 Å². The molecule has 0 aliphatic carbocycles. The lowest BCUT2D eigenvalue weighted by Gasteiger charge is -2.14. The number of hydrogen-bond donors (Lipinski definition) is 2. The van der Waals surface area contributed by atoms with Crippen molar-refractivity contribution in [2.75, 3.05) is 5.32 Å². The van der Waals surface area contributed by atoms with Gasteiger partial charge in [0.2, 0.25) is 5.91 Å². The third-order valence-corrected chi connectivity index (χ3v) is 5.70. The van der Waals surface area contributed by atoms with Crippen molar-refractivity contribution >= 4 is 74.1 Å². The average Bonchev–Trinajstić information content (AvgIpc) is 3.14. The number of thiocarbonyl (C=S) groups is 1. The molecule has 0 bridgehead atoms. The first-order valence-corrected chi connectivity index (χ1v) is 10.8. The van der Waals surface area contributed by atoms with Crippen LogP contribution in [0.15, 0.2) is 57.4 Å². The van der Waals surface area contributed by atoms with Crippen molar-refractivity contribution in [2.24, 2.45) is 0 Å². The Labute approximate surface area is 198 Å². The molecule has 3 aromatic rings. The molecule has 0 saturated carbocycles. The summed E-state index contributed by atoms with van der Waals surface area (Å²) in [5.74, 6) is 0.675. The standard InChI is InChI=1S/C22H17BrCl2N2O2S/c1-12-10-14(23)11-13(2)21(12)27-22(30)26-19(28)9-7-15-6-8-18(29-15)16-4-3-5-17(24)20(16)25/h3-11H,1-2H3,(H2,26,27,28,30). The van der Waals surface area contributed by atoms with Crippen LogP contribution in [0.4, 0.5) is 5.69 Å². The number of anilines is 1. The first kappa shape index (κ1) is 22.6. The Kier molecular flexibility index (Phi) is 7.36. The summed E-state index contributed by atoms with van der Waals surface area (Å²) in [6, 6.07) is 12.7. The molecule has 2 N–H and O–H groups in total. The highest BCUT2D eigenvalue weighted by molar-refractivity contribution is 9.10. The van der Waals surface area contributed by atoms with Gasteiger partial charge in [0.1, 0.15) is 11.5 Å². The van der Waals surface area contributed by atoms with Crippen molar-refractivity contribution in [1.82, 2.24) is 5.32 Å². The molecule has 0 atom stereocenters. The molecule has 4 nitrogen and oxygen atoms in total. The predicted octanol–water partition coefficient (Wildman–Crippen LogP) is 7.16. The maximum absolute atomic E-state index is 12.2. The number of nitrogens with one attached hydrogen (secondary N) is 2. The summed E-state index contributed by atoms with van der Waals surface area (Å²) in [6.07, 6.45) is 2.90. The van der Waals surface area contributed by atoms with Crippen LogP contribution in [0.3, 0.4) is 0 Å². The van der Waals surface area contributed by atoms with Crippen molar-refractivity contribution in [2.45, 2.75) is 13.8 Å². The summed E-state index contributed by atoms with van der Waals surface area (Å²) in [5.41, 5.74) is 3.56. The fourth-order valence-electron chi connectivity index (χ4n) is 2.85. The van der Waals surface area contributed by atoms with Gasteiger partial charge in [-0.3, -0.25) is 10.1 Å². The van der Waals surface area contributed by atoms with Crippen LogP contribution in [-0.4, -0.2) is 11.0 Å². The number of hydrogen-bond acceptors (Lipinski definition) is 3. The third-order valence-electron chi connectivity index (χ3n) is 4.22. The van der Waals surface area contributed by atoms with Crippen LogP contribution in [0.1, 0.15) is 16.9 Å². The molecule has 30 heavy (non-hydrogen) atoms. The van der Waals surface area contributed by atoms with Crippen molar-refractivity contribution in [3.8, 4) is 11.3 Å². The number of carbonyl (C=O) groups is 1. The molecule has 8 heteroatoms. The minimum absolute atomic E-state index is 0.212. The maximum atomic E-state index is 12.2. The largest absolute Gasteiger partial charge is 0.457 e. The number of aryl methyl sites for hydroxylation is 2. The van der Waals surface area contributed by atoms with Crippen molar-refractivity contribution < 1.29 is 9.21 Å². The number of amides is 1. The zero-order valence-corrected chi connectivity index (χ0v) is 20.0. The number of halogens is 3. The Bertz CT molecular complexity index is 1130. The summed E-state index contributed by atoms with van der Waals surface area (Å²) in [4.78, 5) is 12.2. The lowest BCUT2D eigenvalue weighted by atomic mass is 10.1. The van der Waals surface area contributed by atoms with Gasteiger partial charge in [-0.05, 0) is 79.7 Å². The van der Waals surface area contributed by atoms with Gasteiger partial charge >= 0.3 is 0 Å². The second-order valence-electron chi connectivity index (χ2n) is 6.49. The topological polar surface area (TPSA) is 54.3 Å². The van der Waals surface area contributed by atoms with E-state index in [-0.39, 0.29) is 11.0 Å². The van der Waals surface area contributed by atoms with E-state index in [1.165, 1.54) is 6.08 Å². The Balaban J connectivity index is 1.63. The predicted molar refractivity (Wildman–Crippen MR) is 131 cm³/mol. The second-order valence-corrected chi connectivity index (χ2v) is 8.60. The molecule has 0 aliphatic heterocycles. The molecule has 0 aliphatic rings. The minimum Gasteiger partial charge on any atom is -0.457 e. The molecule has 3 rings (SSSR count). The zero-order valence-electron chi connectivity index (χ0n) is 16.1. The highest BCUT2D eigenvalue weighted by atomic mass is 79.9. The number of benzene rings is 2. The molecule has 0 saturated heterocycles. The second kappa shape index (κ2) is 9.79.